The fourth-order valence-corrected chi connectivity index (χ4v) is 0.359. The predicted molar refractivity (Wildman–Crippen MR) is 36.8 cm³/mol. The number of hydrogen-bond donors (Lipinski definition) is 0. The lowest BCUT2D eigenvalue weighted by molar-refractivity contribution is -0.248. The summed E-state index contributed by atoms with van der Waals surface area (Å²) in [4.78, 5) is 9.18. The average molecular weight is 200 g/mol. The summed E-state index contributed by atoms with van der Waals surface area (Å²) in [6, 6.07) is 0. The molecule has 0 saturated carbocycles. The molecular formula is C7H8F4O2. The molecule has 0 N–H and O–H groups in total. The molecule has 6 heteroatoms. The zero-order valence-electron chi connectivity index (χ0n) is 6.98. The van der Waals surface area contributed by atoms with Gasteiger partial charge in [0.2, 0.25) is 0 Å². The summed E-state index contributed by atoms with van der Waals surface area (Å²) in [5, 5.41) is 0. The van der Waals surface area contributed by atoms with E-state index in [1.54, 1.807) is 6.26 Å². The second-order valence-electron chi connectivity index (χ2n) is 2.22. The first-order valence-electron chi connectivity index (χ1n) is 3.30. The Labute approximate surface area is 72.4 Å². The summed E-state index contributed by atoms with van der Waals surface area (Å²) in [6.07, 6.45) is -4.05. The molecule has 1 aliphatic heterocycles. The van der Waals surface area contributed by atoms with Crippen LogP contribution < -0.4 is 0 Å². The molecule has 0 aromatic carbocycles. The second-order valence-corrected chi connectivity index (χ2v) is 2.22. The van der Waals surface area contributed by atoms with Crippen LogP contribution in [0.15, 0.2) is 24.0 Å². The Morgan fingerprint density at radius 3 is 1.77 bits per heavy atom. The summed E-state index contributed by atoms with van der Waals surface area (Å²) >= 11 is 0. The van der Waals surface area contributed by atoms with Crippen LogP contribution in [0.2, 0.25) is 0 Å². The molecule has 0 spiro atoms. The normalized spacial score (nSPS) is 19.5. The van der Waals surface area contributed by atoms with E-state index < -0.39 is 12.2 Å². The SMILES string of the molecule is CC1=COOC1C.FC(F)=C(F)F. The molecule has 2 nitrogen and oxygen atoms in total. The van der Waals surface area contributed by atoms with Crippen LogP contribution >= 0.6 is 0 Å². The van der Waals surface area contributed by atoms with Crippen molar-refractivity contribution in [2.24, 2.45) is 0 Å². The summed E-state index contributed by atoms with van der Waals surface area (Å²) in [6.45, 7) is 3.91. The van der Waals surface area contributed by atoms with Gasteiger partial charge in [-0.2, -0.15) is 22.4 Å². The molecule has 13 heavy (non-hydrogen) atoms. The third-order valence-electron chi connectivity index (χ3n) is 1.22. The van der Waals surface area contributed by atoms with Crippen LogP contribution in [0.4, 0.5) is 17.6 Å². The van der Waals surface area contributed by atoms with Crippen LogP contribution in [0.5, 0.6) is 0 Å². The third kappa shape index (κ3) is 5.24. The minimum Gasteiger partial charge on any atom is -0.345 e. The fourth-order valence-electron chi connectivity index (χ4n) is 0.359. The molecule has 0 saturated heterocycles. The van der Waals surface area contributed by atoms with Gasteiger partial charge in [0.1, 0.15) is 12.4 Å². The first-order valence-corrected chi connectivity index (χ1v) is 3.30. The average Bonchev–Trinajstić information content (AvgIpc) is 2.37. The largest absolute Gasteiger partial charge is 0.345 e. The maximum Gasteiger partial charge on any atom is 0.334 e. The van der Waals surface area contributed by atoms with E-state index in [2.05, 4.69) is 9.78 Å². The zero-order valence-corrected chi connectivity index (χ0v) is 6.98. The van der Waals surface area contributed by atoms with Crippen molar-refractivity contribution in [1.29, 1.82) is 0 Å². The number of halogens is 4. The van der Waals surface area contributed by atoms with Gasteiger partial charge in [-0.05, 0) is 19.4 Å². The van der Waals surface area contributed by atoms with Crippen LogP contribution in [0, 0.1) is 0 Å². The Balaban J connectivity index is 0.000000226. The Morgan fingerprint density at radius 2 is 1.69 bits per heavy atom. The molecular weight excluding hydrogens is 192 g/mol. The van der Waals surface area contributed by atoms with Gasteiger partial charge in [-0.25, -0.2) is 0 Å². The maximum atomic E-state index is 10.3. The lowest BCUT2D eigenvalue weighted by Gasteiger charge is -1.96. The minimum absolute atomic E-state index is 0.153. The van der Waals surface area contributed by atoms with E-state index in [-0.39, 0.29) is 6.10 Å². The Hall–Kier alpha value is -1.04. The first-order chi connectivity index (χ1) is 5.95. The quantitative estimate of drug-likeness (QED) is 0.441. The molecule has 1 aliphatic rings. The van der Waals surface area contributed by atoms with Gasteiger partial charge >= 0.3 is 12.2 Å². The molecule has 0 bridgehead atoms. The smallest absolute Gasteiger partial charge is 0.334 e. The first kappa shape index (κ1) is 12.0. The molecule has 1 unspecified atom stereocenters. The van der Waals surface area contributed by atoms with Crippen molar-refractivity contribution in [3.05, 3.63) is 24.0 Å². The molecule has 1 heterocycles. The monoisotopic (exact) mass is 200 g/mol. The van der Waals surface area contributed by atoms with E-state index in [0.717, 1.165) is 5.57 Å². The molecule has 0 fully saturated rings. The standard InChI is InChI=1S/C5H8O2.C2F4/c1-4-3-6-7-5(4)2;3-1(4)2(5)6/h3,5H,1-2H3;. The fraction of sp³-hybridized carbons (Fsp3) is 0.429. The van der Waals surface area contributed by atoms with E-state index >= 15 is 0 Å². The molecule has 76 valence electrons. The van der Waals surface area contributed by atoms with Gasteiger partial charge in [0.15, 0.2) is 0 Å². The Bertz CT molecular complexity index is 207. The zero-order chi connectivity index (χ0) is 10.4. The molecule has 0 amide bonds. The van der Waals surface area contributed by atoms with Crippen molar-refractivity contribution in [3.63, 3.8) is 0 Å². The van der Waals surface area contributed by atoms with E-state index in [4.69, 9.17) is 0 Å². The topological polar surface area (TPSA) is 18.5 Å². The highest BCUT2D eigenvalue weighted by Crippen LogP contribution is 2.12. The van der Waals surface area contributed by atoms with E-state index in [1.165, 1.54) is 0 Å². The lowest BCUT2D eigenvalue weighted by atomic mass is 10.2. The molecule has 0 aromatic rings. The third-order valence-corrected chi connectivity index (χ3v) is 1.22. The van der Waals surface area contributed by atoms with Crippen molar-refractivity contribution in [2.75, 3.05) is 0 Å². The van der Waals surface area contributed by atoms with Crippen LogP contribution in [0.3, 0.4) is 0 Å². The highest BCUT2D eigenvalue weighted by atomic mass is 19.3. The number of hydrogen-bond acceptors (Lipinski definition) is 2. The van der Waals surface area contributed by atoms with Gasteiger partial charge in [-0.15, -0.1) is 0 Å². The molecule has 0 aromatic heterocycles. The highest BCUT2D eigenvalue weighted by Gasteiger charge is 2.11. The summed E-state index contributed by atoms with van der Waals surface area (Å²) in [7, 11) is 0. The van der Waals surface area contributed by atoms with Crippen LogP contribution in [0.25, 0.3) is 0 Å². The maximum absolute atomic E-state index is 10.3. The Kier molecular flexibility index (Phi) is 5.13. The van der Waals surface area contributed by atoms with E-state index in [9.17, 15) is 17.6 Å². The summed E-state index contributed by atoms with van der Waals surface area (Å²) < 4.78 is 41.1. The van der Waals surface area contributed by atoms with E-state index in [1.807, 2.05) is 13.8 Å². The van der Waals surface area contributed by atoms with Gasteiger partial charge < -0.3 is 4.89 Å². The summed E-state index contributed by atoms with van der Waals surface area (Å²) in [5.41, 5.74) is 1.14. The van der Waals surface area contributed by atoms with Crippen molar-refractivity contribution in [2.45, 2.75) is 20.0 Å². The van der Waals surface area contributed by atoms with Crippen LogP contribution in [0.1, 0.15) is 13.8 Å². The predicted octanol–water partition coefficient (Wildman–Crippen LogP) is 3.23. The Morgan fingerprint density at radius 1 is 1.23 bits per heavy atom. The van der Waals surface area contributed by atoms with Gasteiger partial charge in [0.05, 0.1) is 0 Å². The summed E-state index contributed by atoms with van der Waals surface area (Å²) in [5.74, 6) is 0. The van der Waals surface area contributed by atoms with Gasteiger partial charge in [0.25, 0.3) is 0 Å². The molecule has 0 aliphatic carbocycles. The van der Waals surface area contributed by atoms with Crippen molar-refractivity contribution in [1.82, 2.24) is 0 Å². The van der Waals surface area contributed by atoms with E-state index in [0.29, 0.717) is 0 Å². The van der Waals surface area contributed by atoms with Gasteiger partial charge in [-0.1, -0.05) is 0 Å². The van der Waals surface area contributed by atoms with Gasteiger partial charge in [0, 0.05) is 0 Å². The van der Waals surface area contributed by atoms with Crippen LogP contribution in [-0.2, 0) is 9.78 Å². The molecule has 1 rings (SSSR count). The molecule has 0 radical (unpaired) electrons. The van der Waals surface area contributed by atoms with Crippen molar-refractivity contribution in [3.8, 4) is 0 Å². The number of rotatable bonds is 0. The van der Waals surface area contributed by atoms with Crippen molar-refractivity contribution >= 4 is 0 Å². The van der Waals surface area contributed by atoms with Crippen molar-refractivity contribution < 1.29 is 27.3 Å². The second kappa shape index (κ2) is 5.58. The highest BCUT2D eigenvalue weighted by molar-refractivity contribution is 5.01. The lowest BCUT2D eigenvalue weighted by Crippen LogP contribution is -1.99. The van der Waals surface area contributed by atoms with Gasteiger partial charge in [-0.3, -0.25) is 0 Å². The molecule has 1 atom stereocenters. The minimum atomic E-state index is -2.91. The van der Waals surface area contributed by atoms with Crippen LogP contribution in [-0.4, -0.2) is 6.10 Å².